The average Bonchev–Trinajstić information content (AvgIpc) is 3.05. The molecule has 3 nitrogen and oxygen atoms in total. The highest BCUT2D eigenvalue weighted by atomic mass is 32.2. The molecule has 0 aliphatic carbocycles. The van der Waals surface area contributed by atoms with Crippen molar-refractivity contribution in [2.45, 2.75) is 15.2 Å². The lowest BCUT2D eigenvalue weighted by Crippen LogP contribution is -2.34. The molecule has 0 saturated carbocycles. The van der Waals surface area contributed by atoms with Gasteiger partial charge in [0.05, 0.1) is 5.41 Å². The number of hydrogen-bond acceptors (Lipinski definition) is 2. The van der Waals surface area contributed by atoms with Crippen molar-refractivity contribution in [2.24, 2.45) is 4.99 Å². The highest BCUT2D eigenvalue weighted by molar-refractivity contribution is 7.99. The van der Waals surface area contributed by atoms with Gasteiger partial charge < -0.3 is 4.98 Å². The predicted octanol–water partition coefficient (Wildman–Crippen LogP) is 8.46. The van der Waals surface area contributed by atoms with Gasteiger partial charge in [0.1, 0.15) is 5.49 Å². The van der Waals surface area contributed by atoms with Crippen molar-refractivity contribution in [3.63, 3.8) is 0 Å². The number of H-pyrrole nitrogens is 1. The van der Waals surface area contributed by atoms with Gasteiger partial charge in [0.2, 0.25) is 0 Å². The van der Waals surface area contributed by atoms with E-state index in [9.17, 15) is 0 Å². The van der Waals surface area contributed by atoms with Gasteiger partial charge in [-0.05, 0) is 58.1 Å². The first-order valence-electron chi connectivity index (χ1n) is 13.6. The summed E-state index contributed by atoms with van der Waals surface area (Å²) in [5.41, 5.74) is 7.74. The summed E-state index contributed by atoms with van der Waals surface area (Å²) in [6, 6.07) is 52.6. The number of aromatic amines is 1. The summed E-state index contributed by atoms with van der Waals surface area (Å²) in [5.74, 6) is 0.216. The Morgan fingerprint density at radius 2 is 1.20 bits per heavy atom. The third-order valence-electron chi connectivity index (χ3n) is 7.68. The third kappa shape index (κ3) is 4.43. The van der Waals surface area contributed by atoms with E-state index in [0.29, 0.717) is 5.49 Å². The van der Waals surface area contributed by atoms with Crippen LogP contribution in [0.3, 0.4) is 0 Å². The largest absolute Gasteiger partial charge is 0.340 e. The number of aromatic nitrogens is 1. The Morgan fingerprint density at radius 3 is 1.90 bits per heavy atom. The Bertz CT molecular complexity index is 1890. The lowest BCUT2D eigenvalue weighted by atomic mass is 9.64. The molecule has 5 aromatic carbocycles. The SMILES string of the molecule is N=C(/N=c1/cccc(-c2ccccc2)[nH]1)c1ccc2c(c1)C(c1ccccc1)(c1ccccc1)c1ccccc1S2. The number of nitrogens with zero attached hydrogens (tertiary/aromatic N) is 1. The van der Waals surface area contributed by atoms with Crippen molar-refractivity contribution in [1.29, 1.82) is 5.41 Å². The number of benzene rings is 5. The van der Waals surface area contributed by atoms with Gasteiger partial charge in [0.15, 0.2) is 5.84 Å². The molecular formula is C37H27N3S. The third-order valence-corrected chi connectivity index (χ3v) is 8.83. The zero-order valence-corrected chi connectivity index (χ0v) is 23.1. The molecule has 1 aromatic heterocycles. The zero-order chi connectivity index (χ0) is 27.6. The maximum absolute atomic E-state index is 9.05. The maximum Gasteiger partial charge on any atom is 0.154 e. The van der Waals surface area contributed by atoms with Crippen LogP contribution in [0.4, 0.5) is 0 Å². The first-order chi connectivity index (χ1) is 20.2. The van der Waals surface area contributed by atoms with E-state index in [1.807, 2.05) is 42.5 Å². The second-order valence-electron chi connectivity index (χ2n) is 10.1. The summed E-state index contributed by atoms with van der Waals surface area (Å²) in [4.78, 5) is 10.5. The van der Waals surface area contributed by atoms with E-state index in [0.717, 1.165) is 22.4 Å². The van der Waals surface area contributed by atoms with Crippen LogP contribution in [-0.2, 0) is 5.41 Å². The predicted molar refractivity (Wildman–Crippen MR) is 167 cm³/mol. The monoisotopic (exact) mass is 545 g/mol. The second-order valence-corrected chi connectivity index (χ2v) is 11.2. The lowest BCUT2D eigenvalue weighted by molar-refractivity contribution is 0.702. The first-order valence-corrected chi connectivity index (χ1v) is 14.5. The van der Waals surface area contributed by atoms with E-state index in [1.54, 1.807) is 11.8 Å². The molecule has 0 unspecified atom stereocenters. The minimum Gasteiger partial charge on any atom is -0.340 e. The van der Waals surface area contributed by atoms with Gasteiger partial charge in [0.25, 0.3) is 0 Å². The molecule has 4 heteroatoms. The number of pyridine rings is 1. The molecule has 196 valence electrons. The Balaban J connectivity index is 1.42. The lowest BCUT2D eigenvalue weighted by Gasteiger charge is -2.42. The van der Waals surface area contributed by atoms with Gasteiger partial charge in [-0.3, -0.25) is 5.41 Å². The molecule has 41 heavy (non-hydrogen) atoms. The van der Waals surface area contributed by atoms with E-state index in [1.165, 1.54) is 26.5 Å². The van der Waals surface area contributed by atoms with Crippen LogP contribution in [0.25, 0.3) is 11.3 Å². The zero-order valence-electron chi connectivity index (χ0n) is 22.3. The first kappa shape index (κ1) is 25.1. The fraction of sp³-hybridized carbons (Fsp3) is 0.0270. The van der Waals surface area contributed by atoms with Crippen LogP contribution >= 0.6 is 11.8 Å². The van der Waals surface area contributed by atoms with Crippen LogP contribution in [-0.4, -0.2) is 10.8 Å². The summed E-state index contributed by atoms with van der Waals surface area (Å²) >= 11 is 1.79. The fourth-order valence-electron chi connectivity index (χ4n) is 5.85. The van der Waals surface area contributed by atoms with Crippen molar-refractivity contribution >= 4 is 17.6 Å². The summed E-state index contributed by atoms with van der Waals surface area (Å²) in [6.45, 7) is 0. The molecule has 0 atom stereocenters. The van der Waals surface area contributed by atoms with Gasteiger partial charge in [0, 0.05) is 21.0 Å². The normalized spacial score (nSPS) is 13.7. The van der Waals surface area contributed by atoms with Crippen LogP contribution < -0.4 is 5.49 Å². The van der Waals surface area contributed by atoms with E-state index in [2.05, 4.69) is 114 Å². The highest BCUT2D eigenvalue weighted by Crippen LogP contribution is 2.55. The van der Waals surface area contributed by atoms with Gasteiger partial charge in [-0.1, -0.05) is 133 Å². The van der Waals surface area contributed by atoms with Crippen LogP contribution in [0.2, 0.25) is 0 Å². The highest BCUT2D eigenvalue weighted by Gasteiger charge is 2.44. The molecule has 0 spiro atoms. The summed E-state index contributed by atoms with van der Waals surface area (Å²) in [5, 5.41) is 9.05. The van der Waals surface area contributed by atoms with Crippen LogP contribution in [0.1, 0.15) is 27.8 Å². The Labute approximate surface area is 243 Å². The Kier molecular flexibility index (Phi) is 6.46. The topological polar surface area (TPSA) is 52.0 Å². The van der Waals surface area contributed by atoms with Crippen LogP contribution in [0, 0.1) is 5.41 Å². The fourth-order valence-corrected chi connectivity index (χ4v) is 7.02. The van der Waals surface area contributed by atoms with E-state index >= 15 is 0 Å². The van der Waals surface area contributed by atoms with Crippen molar-refractivity contribution in [3.05, 3.63) is 185 Å². The molecule has 0 amide bonds. The molecule has 1 aliphatic heterocycles. The molecule has 0 bridgehead atoms. The Hall–Kier alpha value is -4.93. The number of fused-ring (bicyclic) bond motifs is 2. The summed E-state index contributed by atoms with van der Waals surface area (Å²) in [6.07, 6.45) is 0. The van der Waals surface area contributed by atoms with E-state index in [4.69, 9.17) is 10.4 Å². The standard InChI is InChI=1S/C37H27N3S/c38-36(40-35-22-12-20-32(39-35)26-13-4-1-5-14-26)27-23-24-34-31(25-27)37(28-15-6-2-7-16-28,29-17-8-3-9-18-29)30-19-10-11-21-33(30)41-34/h1-25H,(H2,38,39,40). The molecular weight excluding hydrogens is 518 g/mol. The molecule has 0 radical (unpaired) electrons. The average molecular weight is 546 g/mol. The molecule has 0 fully saturated rings. The van der Waals surface area contributed by atoms with Gasteiger partial charge >= 0.3 is 0 Å². The number of nitrogens with one attached hydrogen (secondary N) is 2. The molecule has 2 N–H and O–H groups in total. The molecule has 0 saturated heterocycles. The smallest absolute Gasteiger partial charge is 0.154 e. The number of rotatable bonds is 4. The molecule has 7 rings (SSSR count). The minimum absolute atomic E-state index is 0.216. The van der Waals surface area contributed by atoms with Crippen LogP contribution in [0.5, 0.6) is 0 Å². The van der Waals surface area contributed by atoms with Crippen molar-refractivity contribution in [1.82, 2.24) is 4.98 Å². The molecule has 2 heterocycles. The number of hydrogen-bond donors (Lipinski definition) is 2. The molecule has 1 aliphatic rings. The van der Waals surface area contributed by atoms with Gasteiger partial charge in [-0.2, -0.15) is 0 Å². The van der Waals surface area contributed by atoms with Crippen molar-refractivity contribution < 1.29 is 0 Å². The van der Waals surface area contributed by atoms with Crippen molar-refractivity contribution in [2.75, 3.05) is 0 Å². The second kappa shape index (κ2) is 10.6. The molecule has 6 aromatic rings. The van der Waals surface area contributed by atoms with Crippen molar-refractivity contribution in [3.8, 4) is 11.3 Å². The maximum atomic E-state index is 9.05. The van der Waals surface area contributed by atoms with Gasteiger partial charge in [-0.15, -0.1) is 0 Å². The summed E-state index contributed by atoms with van der Waals surface area (Å²) < 4.78 is 0. The minimum atomic E-state index is -0.532. The number of amidine groups is 1. The quantitative estimate of drug-likeness (QED) is 0.169. The summed E-state index contributed by atoms with van der Waals surface area (Å²) in [7, 11) is 0. The van der Waals surface area contributed by atoms with Gasteiger partial charge in [-0.25, -0.2) is 4.99 Å². The van der Waals surface area contributed by atoms with E-state index < -0.39 is 5.41 Å². The van der Waals surface area contributed by atoms with E-state index in [-0.39, 0.29) is 5.84 Å². The van der Waals surface area contributed by atoms with Crippen LogP contribution in [0.15, 0.2) is 166 Å². The Morgan fingerprint density at radius 1 is 0.585 bits per heavy atom.